The highest BCUT2D eigenvalue weighted by atomic mass is 35.5. The van der Waals surface area contributed by atoms with E-state index in [2.05, 4.69) is 10.1 Å². The Hall–Kier alpha value is -2.92. The Labute approximate surface area is 149 Å². The Morgan fingerprint density at radius 3 is 2.48 bits per heavy atom. The maximum absolute atomic E-state index is 12.7. The first-order valence-corrected chi connectivity index (χ1v) is 8.24. The van der Waals surface area contributed by atoms with Crippen molar-refractivity contribution in [3.05, 3.63) is 87.6 Å². The van der Waals surface area contributed by atoms with Crippen LogP contribution in [-0.4, -0.2) is 19.3 Å². The fourth-order valence-electron chi connectivity index (χ4n) is 2.72. The van der Waals surface area contributed by atoms with E-state index in [4.69, 9.17) is 11.6 Å². The molecule has 4 rings (SSSR count). The molecule has 0 aliphatic carbocycles. The van der Waals surface area contributed by atoms with Gasteiger partial charge in [-0.15, -0.1) is 0 Å². The predicted molar refractivity (Wildman–Crippen MR) is 98.4 cm³/mol. The molecule has 4 aromatic rings. The third kappa shape index (κ3) is 2.94. The zero-order valence-corrected chi connectivity index (χ0v) is 14.3. The van der Waals surface area contributed by atoms with Crippen molar-refractivity contribution in [1.82, 2.24) is 19.3 Å². The van der Waals surface area contributed by atoms with Crippen LogP contribution >= 0.6 is 11.6 Å². The molecule has 2 aromatic carbocycles. The number of aryl methyl sites for hydroxylation is 1. The number of benzene rings is 2. The lowest BCUT2D eigenvalue weighted by Crippen LogP contribution is -2.21. The fourth-order valence-corrected chi connectivity index (χ4v) is 2.85. The molecule has 6 heteroatoms. The molecule has 124 valence electrons. The van der Waals surface area contributed by atoms with Crippen molar-refractivity contribution < 1.29 is 0 Å². The summed E-state index contributed by atoms with van der Waals surface area (Å²) in [5, 5.41) is 5.51. The molecule has 0 saturated heterocycles. The Morgan fingerprint density at radius 2 is 1.76 bits per heavy atom. The van der Waals surface area contributed by atoms with Crippen molar-refractivity contribution in [2.45, 2.75) is 13.5 Å². The summed E-state index contributed by atoms with van der Waals surface area (Å²) in [6.07, 6.45) is 3.13. The topological polar surface area (TPSA) is 52.7 Å². The molecule has 5 nitrogen and oxygen atoms in total. The van der Waals surface area contributed by atoms with Crippen LogP contribution in [0, 0.1) is 6.92 Å². The van der Waals surface area contributed by atoms with E-state index in [1.54, 1.807) is 21.8 Å². The summed E-state index contributed by atoms with van der Waals surface area (Å²) in [4.78, 5) is 17.2. The van der Waals surface area contributed by atoms with E-state index in [1.807, 2.05) is 55.5 Å². The van der Waals surface area contributed by atoms with Gasteiger partial charge in [0.05, 0.1) is 18.4 Å². The molecule has 25 heavy (non-hydrogen) atoms. The van der Waals surface area contributed by atoms with Crippen molar-refractivity contribution in [3.8, 4) is 5.69 Å². The van der Waals surface area contributed by atoms with Crippen LogP contribution in [-0.2, 0) is 6.54 Å². The van der Waals surface area contributed by atoms with Gasteiger partial charge in [0.2, 0.25) is 0 Å². The number of hydrogen-bond acceptors (Lipinski definition) is 3. The Bertz CT molecular complexity index is 1100. The average Bonchev–Trinajstić information content (AvgIpc) is 3.05. The molecule has 0 saturated carbocycles. The van der Waals surface area contributed by atoms with Gasteiger partial charge in [0.1, 0.15) is 11.7 Å². The normalized spacial score (nSPS) is 11.1. The lowest BCUT2D eigenvalue weighted by molar-refractivity contribution is 0.745. The van der Waals surface area contributed by atoms with E-state index in [9.17, 15) is 4.79 Å². The molecule has 0 aliphatic heterocycles. The molecule has 0 fully saturated rings. The SMILES string of the molecule is Cc1ccc(-n2ncc3c(=O)n(Cc4ccc(Cl)cc4)cnc32)cc1. The minimum atomic E-state index is -0.113. The molecule has 0 radical (unpaired) electrons. The molecular weight excluding hydrogens is 336 g/mol. The van der Waals surface area contributed by atoms with Crippen molar-refractivity contribution in [2.24, 2.45) is 0 Å². The van der Waals surface area contributed by atoms with Crippen LogP contribution in [0.1, 0.15) is 11.1 Å². The molecule has 0 aliphatic rings. The Kier molecular flexibility index (Phi) is 3.86. The maximum atomic E-state index is 12.7. The zero-order chi connectivity index (χ0) is 17.4. The number of halogens is 1. The van der Waals surface area contributed by atoms with Gasteiger partial charge in [-0.05, 0) is 36.8 Å². The summed E-state index contributed by atoms with van der Waals surface area (Å²) in [6.45, 7) is 2.47. The van der Waals surface area contributed by atoms with Gasteiger partial charge in [0.25, 0.3) is 5.56 Å². The van der Waals surface area contributed by atoms with Gasteiger partial charge < -0.3 is 0 Å². The summed E-state index contributed by atoms with van der Waals surface area (Å²) in [7, 11) is 0. The van der Waals surface area contributed by atoms with Crippen LogP contribution < -0.4 is 5.56 Å². The zero-order valence-electron chi connectivity index (χ0n) is 13.6. The van der Waals surface area contributed by atoms with E-state index in [0.717, 1.165) is 11.3 Å². The number of fused-ring (bicyclic) bond motifs is 1. The first-order chi connectivity index (χ1) is 12.1. The highest BCUT2D eigenvalue weighted by Gasteiger charge is 2.11. The van der Waals surface area contributed by atoms with Gasteiger partial charge in [0, 0.05) is 5.02 Å². The van der Waals surface area contributed by atoms with Crippen molar-refractivity contribution in [3.63, 3.8) is 0 Å². The quantitative estimate of drug-likeness (QED) is 0.567. The van der Waals surface area contributed by atoms with Gasteiger partial charge in [-0.2, -0.15) is 5.10 Å². The average molecular weight is 351 g/mol. The van der Waals surface area contributed by atoms with Crippen molar-refractivity contribution >= 4 is 22.6 Å². The summed E-state index contributed by atoms with van der Waals surface area (Å²) in [5.41, 5.74) is 3.47. The van der Waals surface area contributed by atoms with Crippen molar-refractivity contribution in [1.29, 1.82) is 0 Å². The van der Waals surface area contributed by atoms with Crippen LogP contribution in [0.15, 0.2) is 65.8 Å². The first kappa shape index (κ1) is 15.6. The van der Waals surface area contributed by atoms with E-state index in [0.29, 0.717) is 22.6 Å². The smallest absolute Gasteiger partial charge is 0.264 e. The van der Waals surface area contributed by atoms with Crippen LogP contribution in [0.25, 0.3) is 16.7 Å². The minimum absolute atomic E-state index is 0.113. The van der Waals surface area contributed by atoms with Gasteiger partial charge in [-0.25, -0.2) is 9.67 Å². The molecule has 0 bridgehead atoms. The number of aromatic nitrogens is 4. The molecule has 0 spiro atoms. The van der Waals surface area contributed by atoms with E-state index in [-0.39, 0.29) is 5.56 Å². The van der Waals surface area contributed by atoms with Crippen molar-refractivity contribution in [2.75, 3.05) is 0 Å². The van der Waals surface area contributed by atoms with Gasteiger partial charge >= 0.3 is 0 Å². The van der Waals surface area contributed by atoms with E-state index in [1.165, 1.54) is 5.56 Å². The molecular formula is C19H15ClN4O. The molecule has 2 heterocycles. The third-order valence-corrected chi connectivity index (χ3v) is 4.35. The monoisotopic (exact) mass is 350 g/mol. The lowest BCUT2D eigenvalue weighted by Gasteiger charge is -2.07. The fraction of sp³-hybridized carbons (Fsp3) is 0.105. The highest BCUT2D eigenvalue weighted by Crippen LogP contribution is 2.15. The Morgan fingerprint density at radius 1 is 1.04 bits per heavy atom. The largest absolute Gasteiger partial charge is 0.294 e. The molecule has 0 atom stereocenters. The second-order valence-corrected chi connectivity index (χ2v) is 6.37. The number of nitrogens with zero attached hydrogens (tertiary/aromatic N) is 4. The minimum Gasteiger partial charge on any atom is -0.294 e. The van der Waals surface area contributed by atoms with Gasteiger partial charge in [0.15, 0.2) is 5.65 Å². The number of rotatable bonds is 3. The second-order valence-electron chi connectivity index (χ2n) is 5.93. The van der Waals surface area contributed by atoms with Crippen LogP contribution in [0.2, 0.25) is 5.02 Å². The predicted octanol–water partition coefficient (Wildman–Crippen LogP) is 3.59. The molecule has 2 aromatic heterocycles. The maximum Gasteiger partial charge on any atom is 0.264 e. The van der Waals surface area contributed by atoms with E-state index >= 15 is 0 Å². The van der Waals surface area contributed by atoms with E-state index < -0.39 is 0 Å². The van der Waals surface area contributed by atoms with Crippen LogP contribution in [0.3, 0.4) is 0 Å². The number of hydrogen-bond donors (Lipinski definition) is 0. The third-order valence-electron chi connectivity index (χ3n) is 4.10. The highest BCUT2D eigenvalue weighted by molar-refractivity contribution is 6.30. The summed E-state index contributed by atoms with van der Waals surface area (Å²) >= 11 is 5.90. The standard InChI is InChI=1S/C19H15ClN4O/c1-13-2-8-16(9-3-13)24-18-17(10-22-24)19(25)23(12-21-18)11-14-4-6-15(20)7-5-14/h2-10,12H,11H2,1H3. The second kappa shape index (κ2) is 6.18. The molecule has 0 N–H and O–H groups in total. The molecule has 0 unspecified atom stereocenters. The summed E-state index contributed by atoms with van der Waals surface area (Å²) in [6, 6.07) is 15.3. The molecule has 0 amide bonds. The Balaban J connectivity index is 1.75. The lowest BCUT2D eigenvalue weighted by atomic mass is 10.2. The van der Waals surface area contributed by atoms with Crippen LogP contribution in [0.4, 0.5) is 0 Å². The first-order valence-electron chi connectivity index (χ1n) is 7.86. The van der Waals surface area contributed by atoms with Crippen LogP contribution in [0.5, 0.6) is 0 Å². The summed E-state index contributed by atoms with van der Waals surface area (Å²) in [5.74, 6) is 0. The van der Waals surface area contributed by atoms with Gasteiger partial charge in [-0.1, -0.05) is 41.4 Å². The van der Waals surface area contributed by atoms with Gasteiger partial charge in [-0.3, -0.25) is 9.36 Å². The summed E-state index contributed by atoms with van der Waals surface area (Å²) < 4.78 is 3.26.